The van der Waals surface area contributed by atoms with E-state index >= 15 is 0 Å². The van der Waals surface area contributed by atoms with Crippen molar-refractivity contribution in [2.75, 3.05) is 39.4 Å². The molecule has 31 heavy (non-hydrogen) atoms. The molecule has 160 valence electrons. The fraction of sp³-hybridized carbons (Fsp3) is 0.333. The van der Waals surface area contributed by atoms with Gasteiger partial charge < -0.3 is 18.9 Å². The minimum Gasteiger partial charge on any atom is -0.486 e. The monoisotopic (exact) mass is 419 g/mol. The van der Waals surface area contributed by atoms with Crippen molar-refractivity contribution in [2.24, 2.45) is 0 Å². The number of amides is 1. The third-order valence-electron chi connectivity index (χ3n) is 5.69. The second-order valence-corrected chi connectivity index (χ2v) is 7.86. The summed E-state index contributed by atoms with van der Waals surface area (Å²) in [5.41, 5.74) is 2.79. The number of nitrogens with zero attached hydrogens (tertiary/aromatic N) is 3. The van der Waals surface area contributed by atoms with Gasteiger partial charge in [0.1, 0.15) is 13.2 Å². The van der Waals surface area contributed by atoms with Crippen LogP contribution in [0.25, 0.3) is 11.3 Å². The highest BCUT2D eigenvalue weighted by Gasteiger charge is 2.22. The van der Waals surface area contributed by atoms with Gasteiger partial charge in [-0.05, 0) is 23.8 Å². The van der Waals surface area contributed by atoms with Crippen LogP contribution in [0.4, 0.5) is 0 Å². The first-order valence-corrected chi connectivity index (χ1v) is 10.6. The molecule has 0 N–H and O–H groups in total. The van der Waals surface area contributed by atoms with Gasteiger partial charge in [-0.1, -0.05) is 35.5 Å². The molecule has 3 aromatic rings. The van der Waals surface area contributed by atoms with E-state index in [-0.39, 0.29) is 12.3 Å². The Balaban J connectivity index is 1.16. The predicted octanol–water partition coefficient (Wildman–Crippen LogP) is 3.00. The molecule has 5 rings (SSSR count). The van der Waals surface area contributed by atoms with E-state index in [9.17, 15) is 4.79 Å². The van der Waals surface area contributed by atoms with E-state index in [1.54, 1.807) is 0 Å². The molecule has 0 spiro atoms. The second-order valence-electron chi connectivity index (χ2n) is 7.86. The van der Waals surface area contributed by atoms with Crippen molar-refractivity contribution < 1.29 is 18.8 Å². The zero-order chi connectivity index (χ0) is 21.0. The minimum atomic E-state index is 0.0846. The summed E-state index contributed by atoms with van der Waals surface area (Å²) in [4.78, 5) is 17.1. The zero-order valence-electron chi connectivity index (χ0n) is 17.3. The van der Waals surface area contributed by atoms with Gasteiger partial charge in [0.05, 0.1) is 12.1 Å². The summed E-state index contributed by atoms with van der Waals surface area (Å²) in [6.45, 7) is 5.23. The highest BCUT2D eigenvalue weighted by Crippen LogP contribution is 2.34. The standard InChI is InChI=1S/C24H25N3O4/c28-24(27-10-8-26(9-11-27)17-18-4-2-1-3-5-18)16-20-15-22(31-25-20)19-6-7-21-23(14-19)30-13-12-29-21/h1-7,14-15H,8-13,16-17H2. The molecule has 1 fully saturated rings. The van der Waals surface area contributed by atoms with Gasteiger partial charge in [-0.15, -0.1) is 0 Å². The molecule has 2 aliphatic rings. The number of benzene rings is 2. The number of carbonyl (C=O) groups is 1. The quantitative estimate of drug-likeness (QED) is 0.633. The van der Waals surface area contributed by atoms with E-state index in [4.69, 9.17) is 14.0 Å². The number of aromatic nitrogens is 1. The summed E-state index contributed by atoms with van der Waals surface area (Å²) in [6, 6.07) is 17.9. The first-order chi connectivity index (χ1) is 15.2. The highest BCUT2D eigenvalue weighted by molar-refractivity contribution is 5.79. The number of piperazine rings is 1. The van der Waals surface area contributed by atoms with Crippen LogP contribution in [0.5, 0.6) is 11.5 Å². The van der Waals surface area contributed by atoms with E-state index in [2.05, 4.69) is 34.3 Å². The molecule has 7 heteroatoms. The van der Waals surface area contributed by atoms with Crippen molar-refractivity contribution in [3.8, 4) is 22.8 Å². The Morgan fingerprint density at radius 1 is 0.903 bits per heavy atom. The van der Waals surface area contributed by atoms with Crippen LogP contribution in [-0.4, -0.2) is 60.3 Å². The SMILES string of the molecule is O=C(Cc1cc(-c2ccc3c(c2)OCCO3)on1)N1CCN(Cc2ccccc2)CC1. The van der Waals surface area contributed by atoms with Crippen LogP contribution in [-0.2, 0) is 17.8 Å². The average molecular weight is 419 g/mol. The van der Waals surface area contributed by atoms with Gasteiger partial charge in [0.2, 0.25) is 5.91 Å². The van der Waals surface area contributed by atoms with Crippen LogP contribution in [0.3, 0.4) is 0 Å². The Kier molecular flexibility index (Phi) is 5.58. The molecule has 0 saturated carbocycles. The van der Waals surface area contributed by atoms with Gasteiger partial charge in [0, 0.05) is 44.4 Å². The Labute approximate surface area is 181 Å². The largest absolute Gasteiger partial charge is 0.486 e. The number of hydrogen-bond donors (Lipinski definition) is 0. The van der Waals surface area contributed by atoms with Gasteiger partial charge in [0.25, 0.3) is 0 Å². The third-order valence-corrected chi connectivity index (χ3v) is 5.69. The van der Waals surface area contributed by atoms with Gasteiger partial charge in [-0.2, -0.15) is 0 Å². The molecule has 0 aliphatic carbocycles. The molecule has 0 bridgehead atoms. The minimum absolute atomic E-state index is 0.0846. The van der Waals surface area contributed by atoms with Crippen LogP contribution >= 0.6 is 0 Å². The normalized spacial score (nSPS) is 16.3. The van der Waals surface area contributed by atoms with Crippen LogP contribution in [0.15, 0.2) is 59.1 Å². The molecular formula is C24H25N3O4. The molecule has 1 amide bonds. The summed E-state index contributed by atoms with van der Waals surface area (Å²) < 4.78 is 16.7. The van der Waals surface area contributed by atoms with Crippen LogP contribution in [0.2, 0.25) is 0 Å². The molecule has 2 aliphatic heterocycles. The lowest BCUT2D eigenvalue weighted by atomic mass is 10.1. The zero-order valence-corrected chi connectivity index (χ0v) is 17.3. The highest BCUT2D eigenvalue weighted by atomic mass is 16.6. The maximum absolute atomic E-state index is 12.8. The Bertz CT molecular complexity index is 1040. The Morgan fingerprint density at radius 2 is 1.68 bits per heavy atom. The van der Waals surface area contributed by atoms with Crippen LogP contribution < -0.4 is 9.47 Å². The Morgan fingerprint density at radius 3 is 2.48 bits per heavy atom. The summed E-state index contributed by atoms with van der Waals surface area (Å²) >= 11 is 0. The van der Waals surface area contributed by atoms with Crippen molar-refractivity contribution in [3.63, 3.8) is 0 Å². The first kappa shape index (κ1) is 19.6. The molecule has 0 radical (unpaired) electrons. The van der Waals surface area contributed by atoms with Gasteiger partial charge >= 0.3 is 0 Å². The third kappa shape index (κ3) is 4.56. The smallest absolute Gasteiger partial charge is 0.228 e. The molecular weight excluding hydrogens is 394 g/mol. The molecule has 1 saturated heterocycles. The molecule has 7 nitrogen and oxygen atoms in total. The lowest BCUT2D eigenvalue weighted by molar-refractivity contribution is -0.132. The van der Waals surface area contributed by atoms with E-state index < -0.39 is 0 Å². The van der Waals surface area contributed by atoms with Crippen molar-refractivity contribution in [1.82, 2.24) is 15.0 Å². The average Bonchev–Trinajstić information content (AvgIpc) is 3.28. The summed E-state index contributed by atoms with van der Waals surface area (Å²) in [5.74, 6) is 2.14. The lowest BCUT2D eigenvalue weighted by Gasteiger charge is -2.34. The van der Waals surface area contributed by atoms with Gasteiger partial charge in [-0.25, -0.2) is 0 Å². The van der Waals surface area contributed by atoms with Crippen LogP contribution in [0.1, 0.15) is 11.3 Å². The number of hydrogen-bond acceptors (Lipinski definition) is 6. The Hall–Kier alpha value is -3.32. The van der Waals surface area contributed by atoms with E-state index in [1.807, 2.05) is 35.2 Å². The van der Waals surface area contributed by atoms with Gasteiger partial charge in [-0.3, -0.25) is 9.69 Å². The molecule has 1 aromatic heterocycles. The molecule has 0 unspecified atom stereocenters. The summed E-state index contributed by atoms with van der Waals surface area (Å²) in [6.07, 6.45) is 0.243. The first-order valence-electron chi connectivity index (χ1n) is 10.6. The summed E-state index contributed by atoms with van der Waals surface area (Å²) in [7, 11) is 0. The van der Waals surface area contributed by atoms with Crippen LogP contribution in [0, 0.1) is 0 Å². The summed E-state index contributed by atoms with van der Waals surface area (Å²) in [5, 5.41) is 4.11. The lowest BCUT2D eigenvalue weighted by Crippen LogP contribution is -2.48. The van der Waals surface area contributed by atoms with Crippen molar-refractivity contribution >= 4 is 5.91 Å². The van der Waals surface area contributed by atoms with E-state index in [1.165, 1.54) is 5.56 Å². The predicted molar refractivity (Wildman–Crippen MR) is 115 cm³/mol. The molecule has 2 aromatic carbocycles. The van der Waals surface area contributed by atoms with Crippen molar-refractivity contribution in [3.05, 3.63) is 65.9 Å². The molecule has 3 heterocycles. The maximum Gasteiger partial charge on any atom is 0.228 e. The van der Waals surface area contributed by atoms with Crippen molar-refractivity contribution in [1.29, 1.82) is 0 Å². The van der Waals surface area contributed by atoms with E-state index in [0.717, 1.165) is 44.0 Å². The second kappa shape index (κ2) is 8.81. The fourth-order valence-electron chi connectivity index (χ4n) is 3.99. The van der Waals surface area contributed by atoms with E-state index in [0.29, 0.717) is 30.4 Å². The topological polar surface area (TPSA) is 68.0 Å². The number of fused-ring (bicyclic) bond motifs is 1. The number of ether oxygens (including phenoxy) is 2. The molecule has 0 atom stereocenters. The van der Waals surface area contributed by atoms with Gasteiger partial charge in [0.15, 0.2) is 17.3 Å². The number of carbonyl (C=O) groups excluding carboxylic acids is 1. The maximum atomic E-state index is 12.8. The van der Waals surface area contributed by atoms with Crippen molar-refractivity contribution in [2.45, 2.75) is 13.0 Å². The fourth-order valence-corrected chi connectivity index (χ4v) is 3.99. The number of rotatable bonds is 5.